The molecular weight excluding hydrogens is 383 g/mol. The third-order valence-corrected chi connectivity index (χ3v) is 7.52. The minimum Gasteiger partial charge on any atom is -0.358 e. The van der Waals surface area contributed by atoms with Crippen LogP contribution in [0.2, 0.25) is 0 Å². The lowest BCUT2D eigenvalue weighted by molar-refractivity contribution is -0.282. The largest absolute Gasteiger partial charge is 0.488 e. The van der Waals surface area contributed by atoms with Gasteiger partial charge < -0.3 is 13.7 Å². The summed E-state index contributed by atoms with van der Waals surface area (Å²) in [5, 5.41) is 0. The molecule has 1 heterocycles. The number of rotatable bonds is 3. The summed E-state index contributed by atoms with van der Waals surface area (Å²) in [6, 6.07) is 6.13. The molecule has 3 fully saturated rings. The van der Waals surface area contributed by atoms with Gasteiger partial charge in [0, 0.05) is 11.5 Å². The second-order valence-electron chi connectivity index (χ2n) is 9.65. The highest BCUT2D eigenvalue weighted by atomic mass is 32.3. The third kappa shape index (κ3) is 3.94. The van der Waals surface area contributed by atoms with E-state index in [0.717, 1.165) is 17.9 Å². The van der Waals surface area contributed by atoms with E-state index in [4.69, 9.17) is 9.47 Å². The van der Waals surface area contributed by atoms with Gasteiger partial charge in [-0.1, -0.05) is 36.8 Å². The molecule has 1 aliphatic heterocycles. The van der Waals surface area contributed by atoms with Gasteiger partial charge in [-0.3, -0.25) is 0 Å². The Balaban J connectivity index is 1.47. The normalized spacial score (nSPS) is 37.6. The molecule has 28 heavy (non-hydrogen) atoms. The number of fused-ring (bicyclic) bond motifs is 3. The maximum atomic E-state index is 12.6. The van der Waals surface area contributed by atoms with Crippen molar-refractivity contribution in [3.8, 4) is 5.75 Å². The molecule has 4 rings (SSSR count). The molecule has 1 saturated heterocycles. The van der Waals surface area contributed by atoms with E-state index < -0.39 is 16.8 Å². The SMILES string of the molecule is CC1(C)CCC2CCC3OC(c4ccc(OS(=O)(=O)F)cc4)OCC3C2(C)C1. The van der Waals surface area contributed by atoms with Crippen molar-refractivity contribution in [1.82, 2.24) is 0 Å². The van der Waals surface area contributed by atoms with E-state index in [9.17, 15) is 12.3 Å². The number of hydrogen-bond acceptors (Lipinski definition) is 5. The van der Waals surface area contributed by atoms with Crippen molar-refractivity contribution in [3.05, 3.63) is 29.8 Å². The summed E-state index contributed by atoms with van der Waals surface area (Å²) in [4.78, 5) is 0. The third-order valence-electron chi connectivity index (χ3n) is 7.13. The van der Waals surface area contributed by atoms with Gasteiger partial charge in [0.15, 0.2) is 6.29 Å². The zero-order valence-electron chi connectivity index (χ0n) is 16.7. The molecule has 3 aliphatic rings. The lowest BCUT2D eigenvalue weighted by Crippen LogP contribution is -2.55. The first-order valence-electron chi connectivity index (χ1n) is 10.1. The Hall–Kier alpha value is -1.18. The van der Waals surface area contributed by atoms with Crippen LogP contribution in [0.1, 0.15) is 64.7 Å². The van der Waals surface area contributed by atoms with Crippen molar-refractivity contribution in [2.75, 3.05) is 6.61 Å². The van der Waals surface area contributed by atoms with Crippen molar-refractivity contribution in [2.24, 2.45) is 22.7 Å². The zero-order valence-corrected chi connectivity index (χ0v) is 17.5. The van der Waals surface area contributed by atoms with Gasteiger partial charge in [0.05, 0.1) is 12.7 Å². The lowest BCUT2D eigenvalue weighted by atomic mass is 9.50. The Labute approximate surface area is 167 Å². The average Bonchev–Trinajstić information content (AvgIpc) is 2.59. The summed E-state index contributed by atoms with van der Waals surface area (Å²) in [7, 11) is -5.02. The Morgan fingerprint density at radius 1 is 1.11 bits per heavy atom. The van der Waals surface area contributed by atoms with Gasteiger partial charge >= 0.3 is 10.5 Å². The molecule has 0 spiro atoms. The van der Waals surface area contributed by atoms with Crippen LogP contribution in [0.3, 0.4) is 0 Å². The first kappa shape index (κ1) is 20.1. The predicted octanol–water partition coefficient (Wildman–Crippen LogP) is 4.94. The molecule has 2 saturated carbocycles. The van der Waals surface area contributed by atoms with Crippen molar-refractivity contribution in [2.45, 2.75) is 65.3 Å². The van der Waals surface area contributed by atoms with Crippen LogP contribution in [-0.2, 0) is 20.0 Å². The van der Waals surface area contributed by atoms with Gasteiger partial charge in [-0.2, -0.15) is 8.42 Å². The standard InChI is InChI=1S/C21H29FO5S/c1-20(2)11-10-15-6-9-18-17(21(15,3)13-20)12-25-19(26-18)14-4-7-16(8-5-14)27-28(22,23)24/h4-5,7-8,15,17-19H,6,9-13H2,1-3H3. The van der Waals surface area contributed by atoms with Gasteiger partial charge in [-0.15, -0.1) is 0 Å². The molecule has 0 bridgehead atoms. The van der Waals surface area contributed by atoms with Crippen LogP contribution in [0.15, 0.2) is 24.3 Å². The van der Waals surface area contributed by atoms with Crippen LogP contribution in [0.5, 0.6) is 5.75 Å². The molecule has 7 heteroatoms. The Morgan fingerprint density at radius 3 is 2.50 bits per heavy atom. The smallest absolute Gasteiger partial charge is 0.358 e. The topological polar surface area (TPSA) is 61.8 Å². The first-order valence-corrected chi connectivity index (χ1v) is 11.4. The Kier molecular flexibility index (Phi) is 5.00. The molecular formula is C21H29FO5S. The number of benzene rings is 1. The number of ether oxygens (including phenoxy) is 2. The van der Waals surface area contributed by atoms with E-state index in [1.165, 1.54) is 37.8 Å². The van der Waals surface area contributed by atoms with E-state index in [-0.39, 0.29) is 17.3 Å². The lowest BCUT2D eigenvalue weighted by Gasteiger charge is -2.58. The van der Waals surface area contributed by atoms with E-state index in [1.807, 2.05) is 0 Å². The molecule has 0 radical (unpaired) electrons. The van der Waals surface area contributed by atoms with E-state index in [2.05, 4.69) is 25.0 Å². The summed E-state index contributed by atoms with van der Waals surface area (Å²) in [6.45, 7) is 7.82. The minimum absolute atomic E-state index is 0.0719. The van der Waals surface area contributed by atoms with E-state index >= 15 is 0 Å². The summed E-state index contributed by atoms with van der Waals surface area (Å²) in [5.41, 5.74) is 1.37. The zero-order chi connectivity index (χ0) is 20.2. The maximum absolute atomic E-state index is 12.6. The maximum Gasteiger partial charge on any atom is 0.488 e. The molecule has 0 amide bonds. The van der Waals surface area contributed by atoms with Gasteiger partial charge in [0.1, 0.15) is 5.75 Å². The fourth-order valence-corrected chi connectivity index (χ4v) is 6.22. The van der Waals surface area contributed by atoms with Gasteiger partial charge in [0.25, 0.3) is 0 Å². The van der Waals surface area contributed by atoms with Crippen LogP contribution in [0.25, 0.3) is 0 Å². The summed E-state index contributed by atoms with van der Waals surface area (Å²) in [5.74, 6) is 1.06. The summed E-state index contributed by atoms with van der Waals surface area (Å²) in [6.07, 6.45) is 5.69. The molecule has 0 N–H and O–H groups in total. The average molecular weight is 413 g/mol. The highest BCUT2D eigenvalue weighted by Crippen LogP contribution is 2.60. The summed E-state index contributed by atoms with van der Waals surface area (Å²) >= 11 is 0. The van der Waals surface area contributed by atoms with E-state index in [0.29, 0.717) is 17.9 Å². The Morgan fingerprint density at radius 2 is 1.82 bits per heavy atom. The van der Waals surface area contributed by atoms with Crippen LogP contribution in [0.4, 0.5) is 3.89 Å². The van der Waals surface area contributed by atoms with Crippen LogP contribution in [0, 0.1) is 22.7 Å². The molecule has 156 valence electrons. The molecule has 2 aliphatic carbocycles. The van der Waals surface area contributed by atoms with Crippen molar-refractivity contribution in [1.29, 1.82) is 0 Å². The second kappa shape index (κ2) is 6.96. The fourth-order valence-electron chi connectivity index (χ4n) is 5.88. The Bertz CT molecular complexity index is 822. The molecule has 0 aromatic heterocycles. The quantitative estimate of drug-likeness (QED) is 0.658. The molecule has 1 aromatic rings. The minimum atomic E-state index is -5.02. The predicted molar refractivity (Wildman–Crippen MR) is 103 cm³/mol. The fraction of sp³-hybridized carbons (Fsp3) is 0.714. The van der Waals surface area contributed by atoms with E-state index in [1.54, 1.807) is 12.1 Å². The van der Waals surface area contributed by atoms with Gasteiger partial charge in [-0.05, 0) is 61.0 Å². The molecule has 5 unspecified atom stereocenters. The number of halogens is 1. The van der Waals surface area contributed by atoms with Crippen LogP contribution >= 0.6 is 0 Å². The monoisotopic (exact) mass is 412 g/mol. The van der Waals surface area contributed by atoms with Crippen molar-refractivity contribution in [3.63, 3.8) is 0 Å². The highest BCUT2D eigenvalue weighted by molar-refractivity contribution is 7.81. The highest BCUT2D eigenvalue weighted by Gasteiger charge is 2.54. The first-order chi connectivity index (χ1) is 13.1. The number of hydrogen-bond donors (Lipinski definition) is 0. The van der Waals surface area contributed by atoms with Crippen molar-refractivity contribution < 1.29 is 26.0 Å². The van der Waals surface area contributed by atoms with Crippen LogP contribution < -0.4 is 4.18 Å². The van der Waals surface area contributed by atoms with Gasteiger partial charge in [-0.25, -0.2) is 0 Å². The molecule has 5 atom stereocenters. The summed E-state index contributed by atoms with van der Waals surface area (Å²) < 4.78 is 50.5. The van der Waals surface area contributed by atoms with Gasteiger partial charge in [0.2, 0.25) is 0 Å². The van der Waals surface area contributed by atoms with Crippen molar-refractivity contribution >= 4 is 10.5 Å². The van der Waals surface area contributed by atoms with Crippen LogP contribution in [-0.4, -0.2) is 21.1 Å². The molecule has 5 nitrogen and oxygen atoms in total. The second-order valence-corrected chi connectivity index (χ2v) is 10.6. The molecule has 1 aromatic carbocycles.